The Kier molecular flexibility index (Phi) is 44.9. The van der Waals surface area contributed by atoms with E-state index >= 15 is 0 Å². The minimum Gasteiger partial charge on any atom is -0.394 e. The third-order valence-electron chi connectivity index (χ3n) is 12.3. The van der Waals surface area contributed by atoms with Crippen LogP contribution >= 0.6 is 0 Å². The number of allylic oxidation sites excluding steroid dienone is 17. The summed E-state index contributed by atoms with van der Waals surface area (Å²) in [7, 11) is 0. The average molecular weight is 964 g/mol. The molecule has 0 aromatic rings. The molecule has 394 valence electrons. The molecule has 0 spiro atoms. The van der Waals surface area contributed by atoms with E-state index in [1.165, 1.54) is 109 Å². The van der Waals surface area contributed by atoms with Crippen molar-refractivity contribution in [3.05, 3.63) is 109 Å². The van der Waals surface area contributed by atoms with Gasteiger partial charge in [0.05, 0.1) is 25.4 Å². The van der Waals surface area contributed by atoms with E-state index in [4.69, 9.17) is 9.47 Å². The van der Waals surface area contributed by atoms with Gasteiger partial charge in [-0.05, 0) is 83.5 Å². The summed E-state index contributed by atoms with van der Waals surface area (Å²) in [5, 5.41) is 54.4. The predicted octanol–water partition coefficient (Wildman–Crippen LogP) is 13.4. The zero-order valence-corrected chi connectivity index (χ0v) is 43.5. The highest BCUT2D eigenvalue weighted by Crippen LogP contribution is 2.22. The fourth-order valence-corrected chi connectivity index (χ4v) is 7.98. The van der Waals surface area contributed by atoms with E-state index in [2.05, 4.69) is 116 Å². The number of carbonyl (C=O) groups is 1. The van der Waals surface area contributed by atoms with E-state index in [0.717, 1.165) is 70.6 Å². The summed E-state index contributed by atoms with van der Waals surface area (Å²) in [6.07, 6.45) is 64.4. The lowest BCUT2D eigenvalue weighted by Crippen LogP contribution is -2.60. The molecule has 6 N–H and O–H groups in total. The molecule has 0 aromatic carbocycles. The molecule has 1 fully saturated rings. The van der Waals surface area contributed by atoms with Crippen LogP contribution in [0.2, 0.25) is 0 Å². The third kappa shape index (κ3) is 38.2. The summed E-state index contributed by atoms with van der Waals surface area (Å²) < 4.78 is 11.2. The molecule has 7 unspecified atom stereocenters. The largest absolute Gasteiger partial charge is 0.394 e. The van der Waals surface area contributed by atoms with Crippen molar-refractivity contribution < 1.29 is 39.8 Å². The van der Waals surface area contributed by atoms with Crippen LogP contribution in [0.3, 0.4) is 0 Å². The number of unbranched alkanes of at least 4 members (excludes halogenated alkanes) is 19. The van der Waals surface area contributed by atoms with Crippen molar-refractivity contribution in [3.8, 4) is 0 Å². The van der Waals surface area contributed by atoms with Gasteiger partial charge in [0, 0.05) is 6.42 Å². The van der Waals surface area contributed by atoms with Crippen LogP contribution in [-0.2, 0) is 14.3 Å². The summed E-state index contributed by atoms with van der Waals surface area (Å²) in [6.45, 7) is 3.61. The molecule has 1 aliphatic heterocycles. The smallest absolute Gasteiger partial charge is 0.220 e. The maximum absolute atomic E-state index is 13.0. The van der Waals surface area contributed by atoms with Gasteiger partial charge in [-0.3, -0.25) is 4.79 Å². The fraction of sp³-hybridized carbons (Fsp3) is 0.683. The van der Waals surface area contributed by atoms with Crippen molar-refractivity contribution in [2.24, 2.45) is 0 Å². The molecule has 0 radical (unpaired) electrons. The van der Waals surface area contributed by atoms with E-state index in [0.29, 0.717) is 6.42 Å². The van der Waals surface area contributed by atoms with Crippen molar-refractivity contribution in [2.45, 2.75) is 249 Å². The first-order valence-electron chi connectivity index (χ1n) is 27.6. The number of nitrogens with one attached hydrogen (secondary N) is 1. The molecule has 1 rings (SSSR count). The Balaban J connectivity index is 2.35. The van der Waals surface area contributed by atoms with Gasteiger partial charge in [0.25, 0.3) is 0 Å². The van der Waals surface area contributed by atoms with Crippen LogP contribution in [0.15, 0.2) is 109 Å². The van der Waals surface area contributed by atoms with Gasteiger partial charge in [-0.25, -0.2) is 0 Å². The molecule has 1 aliphatic rings. The zero-order valence-electron chi connectivity index (χ0n) is 43.5. The third-order valence-corrected chi connectivity index (χ3v) is 12.3. The van der Waals surface area contributed by atoms with Crippen LogP contribution < -0.4 is 5.32 Å². The van der Waals surface area contributed by atoms with Crippen molar-refractivity contribution in [3.63, 3.8) is 0 Å². The van der Waals surface area contributed by atoms with Gasteiger partial charge in [0.1, 0.15) is 24.4 Å². The Morgan fingerprint density at radius 1 is 0.507 bits per heavy atom. The first-order valence-corrected chi connectivity index (χ1v) is 27.6. The van der Waals surface area contributed by atoms with Gasteiger partial charge in [0.2, 0.25) is 5.91 Å². The average Bonchev–Trinajstić information content (AvgIpc) is 3.35. The highest BCUT2D eigenvalue weighted by Gasteiger charge is 2.44. The SMILES string of the molecule is CC/C=C\C/C=C\C/C=C\C/C=C\C/C=C\C/C=C\C/C=C\CCCC(=O)NC(COC1OC(CO)C(O)C(O)C1O)C(O)/C=C/CC/C=C/CCCCCCCCCCCCCCCCCCC. The molecule has 1 amide bonds. The number of rotatable bonds is 45. The number of hydrogen-bond donors (Lipinski definition) is 6. The molecule has 0 aromatic heterocycles. The zero-order chi connectivity index (χ0) is 50.1. The molecule has 0 aliphatic carbocycles. The van der Waals surface area contributed by atoms with E-state index in [-0.39, 0.29) is 18.9 Å². The van der Waals surface area contributed by atoms with Crippen molar-refractivity contribution >= 4 is 5.91 Å². The minimum absolute atomic E-state index is 0.231. The second-order valence-electron chi connectivity index (χ2n) is 18.6. The molecule has 9 heteroatoms. The summed E-state index contributed by atoms with van der Waals surface area (Å²) in [5.41, 5.74) is 0. The van der Waals surface area contributed by atoms with Crippen LogP contribution in [0.5, 0.6) is 0 Å². The minimum atomic E-state index is -1.59. The number of aliphatic hydroxyl groups is 5. The maximum atomic E-state index is 13.0. The Hall–Kier alpha value is -3.15. The highest BCUT2D eigenvalue weighted by molar-refractivity contribution is 5.76. The fourth-order valence-electron chi connectivity index (χ4n) is 7.98. The Labute approximate surface area is 421 Å². The molecule has 0 bridgehead atoms. The lowest BCUT2D eigenvalue weighted by molar-refractivity contribution is -0.302. The first kappa shape index (κ1) is 63.9. The van der Waals surface area contributed by atoms with Gasteiger partial charge >= 0.3 is 0 Å². The second kappa shape index (κ2) is 48.5. The number of amides is 1. The summed E-state index contributed by atoms with van der Waals surface area (Å²) in [5.74, 6) is -0.248. The van der Waals surface area contributed by atoms with Crippen LogP contribution in [0.1, 0.15) is 206 Å². The quantitative estimate of drug-likeness (QED) is 0.0261. The van der Waals surface area contributed by atoms with Crippen molar-refractivity contribution in [1.29, 1.82) is 0 Å². The molecule has 69 heavy (non-hydrogen) atoms. The normalized spacial score (nSPS) is 20.4. The van der Waals surface area contributed by atoms with E-state index in [1.807, 2.05) is 6.08 Å². The summed E-state index contributed by atoms with van der Waals surface area (Å²) in [4.78, 5) is 13.0. The van der Waals surface area contributed by atoms with Gasteiger partial charge in [0.15, 0.2) is 6.29 Å². The molecule has 0 saturated carbocycles. The van der Waals surface area contributed by atoms with Crippen LogP contribution in [0, 0.1) is 0 Å². The topological polar surface area (TPSA) is 149 Å². The van der Waals surface area contributed by atoms with Crippen LogP contribution in [0.25, 0.3) is 0 Å². The molecular formula is C60H101NO8. The monoisotopic (exact) mass is 964 g/mol. The van der Waals surface area contributed by atoms with Gasteiger partial charge in [-0.1, -0.05) is 226 Å². The number of carbonyl (C=O) groups excluding carboxylic acids is 1. The Morgan fingerprint density at radius 3 is 1.39 bits per heavy atom. The lowest BCUT2D eigenvalue weighted by atomic mass is 9.99. The maximum Gasteiger partial charge on any atom is 0.220 e. The van der Waals surface area contributed by atoms with E-state index < -0.39 is 49.5 Å². The number of aliphatic hydroxyl groups excluding tert-OH is 5. The van der Waals surface area contributed by atoms with Gasteiger partial charge in [-0.15, -0.1) is 0 Å². The van der Waals surface area contributed by atoms with Crippen molar-refractivity contribution in [2.75, 3.05) is 13.2 Å². The van der Waals surface area contributed by atoms with E-state index in [1.54, 1.807) is 6.08 Å². The number of hydrogen-bond acceptors (Lipinski definition) is 8. The molecule has 1 heterocycles. The Bertz CT molecular complexity index is 1440. The standard InChI is InChI=1S/C60H101NO8/c1-3-5-7-9-11-13-15-17-19-21-23-25-27-29-31-33-35-37-39-41-43-45-47-49-54(63)53(52-68-60-59(67)58(66)57(65)55(51-62)69-60)61-56(64)50-48-46-44-42-40-38-36-34-32-30-28-26-24-22-20-18-16-14-12-10-8-6-4-2/h6,8,12,14,18,20,24,26,30,32,36,38-39,41-42,44,47,49,53-55,57-60,62-63,65-67H,3-5,7,9-11,13,15-17,19,21-23,25,27-29,31,33-35,37,40,43,45-46,48,50-52H2,1-2H3,(H,61,64)/b8-6-,14-12-,20-18-,26-24-,32-30-,38-36-,41-39+,44-42-,49-47+. The lowest BCUT2D eigenvalue weighted by Gasteiger charge is -2.40. The first-order chi connectivity index (χ1) is 33.8. The van der Waals surface area contributed by atoms with E-state index in [9.17, 15) is 30.3 Å². The van der Waals surface area contributed by atoms with Gasteiger partial charge < -0.3 is 40.3 Å². The molecular weight excluding hydrogens is 863 g/mol. The van der Waals surface area contributed by atoms with Gasteiger partial charge in [-0.2, -0.15) is 0 Å². The predicted molar refractivity (Wildman–Crippen MR) is 290 cm³/mol. The highest BCUT2D eigenvalue weighted by atomic mass is 16.7. The molecule has 9 nitrogen and oxygen atoms in total. The number of ether oxygens (including phenoxy) is 2. The molecule has 1 saturated heterocycles. The molecule has 7 atom stereocenters. The van der Waals surface area contributed by atoms with Crippen LogP contribution in [-0.4, -0.2) is 87.5 Å². The van der Waals surface area contributed by atoms with Crippen LogP contribution in [0.4, 0.5) is 0 Å². The second-order valence-corrected chi connectivity index (χ2v) is 18.6. The Morgan fingerprint density at radius 2 is 0.913 bits per heavy atom. The summed E-state index contributed by atoms with van der Waals surface area (Å²) >= 11 is 0. The van der Waals surface area contributed by atoms with Crippen molar-refractivity contribution in [1.82, 2.24) is 5.32 Å². The summed E-state index contributed by atoms with van der Waals surface area (Å²) in [6, 6.07) is -0.861.